The summed E-state index contributed by atoms with van der Waals surface area (Å²) in [5, 5.41) is 0. The summed E-state index contributed by atoms with van der Waals surface area (Å²) in [6.45, 7) is 18.4. The molecule has 0 aliphatic carbocycles. The quantitative estimate of drug-likeness (QED) is 0.163. The van der Waals surface area contributed by atoms with Crippen molar-refractivity contribution >= 4 is 39.8 Å². The highest BCUT2D eigenvalue weighted by atomic mass is 16.5. The summed E-state index contributed by atoms with van der Waals surface area (Å²) in [5.74, 6) is 5.68. The second-order valence-electron chi connectivity index (χ2n) is 16.3. The molecule has 0 atom stereocenters. The molecular formula is C49H46N3O3. The zero-order valence-electron chi connectivity index (χ0n) is 32.8. The molecule has 0 saturated heterocycles. The molecule has 4 aliphatic heterocycles. The molecule has 0 spiro atoms. The molecule has 4 aliphatic rings. The van der Waals surface area contributed by atoms with Crippen molar-refractivity contribution in [1.29, 1.82) is 0 Å². The lowest BCUT2D eigenvalue weighted by Crippen LogP contribution is -2.34. The fraction of sp³-hybridized carbons (Fsp3) is 0.245. The van der Waals surface area contributed by atoms with Gasteiger partial charge in [-0.3, -0.25) is 4.90 Å². The van der Waals surface area contributed by atoms with Gasteiger partial charge in [-0.2, -0.15) is 0 Å². The minimum Gasteiger partial charge on any atom is -0.453 e. The third kappa shape index (κ3) is 4.86. The van der Waals surface area contributed by atoms with E-state index in [1.807, 2.05) is 36.4 Å². The molecule has 275 valence electrons. The number of benzene rings is 6. The normalized spacial score (nSPS) is 14.7. The van der Waals surface area contributed by atoms with Crippen molar-refractivity contribution < 1.29 is 14.2 Å². The van der Waals surface area contributed by atoms with E-state index in [9.17, 15) is 0 Å². The Morgan fingerprint density at radius 2 is 0.673 bits per heavy atom. The van der Waals surface area contributed by atoms with E-state index >= 15 is 0 Å². The number of anilines is 7. The number of nitrogens with zero attached hydrogens (tertiary/aromatic N) is 3. The first-order valence-electron chi connectivity index (χ1n) is 19.7. The van der Waals surface area contributed by atoms with Crippen LogP contribution in [-0.2, 0) is 0 Å². The highest BCUT2D eigenvalue weighted by Gasteiger charge is 2.47. The summed E-state index contributed by atoms with van der Waals surface area (Å²) in [5.41, 5.74) is 13.7. The van der Waals surface area contributed by atoms with E-state index in [-0.39, 0.29) is 0 Å². The SMILES string of the molecule is CC(C)c1cccc(C(C)C)c1N1[C](c2cc3c4c(c2)Oc2cccc5c2N4c2c(cccc2O3)O5)N(c2c(C(C)C)cccc2C(C)C)c2ccccc21. The number of hydrogen-bond acceptors (Lipinski definition) is 6. The molecule has 10 rings (SSSR count). The Morgan fingerprint density at radius 1 is 0.345 bits per heavy atom. The third-order valence-electron chi connectivity index (χ3n) is 11.5. The number of rotatable bonds is 7. The second-order valence-corrected chi connectivity index (χ2v) is 16.3. The molecule has 6 aromatic rings. The van der Waals surface area contributed by atoms with Crippen molar-refractivity contribution in [3.8, 4) is 34.5 Å². The third-order valence-corrected chi connectivity index (χ3v) is 11.5. The van der Waals surface area contributed by atoms with Crippen LogP contribution in [0.1, 0.15) is 107 Å². The second kappa shape index (κ2) is 12.3. The van der Waals surface area contributed by atoms with Crippen LogP contribution in [0.15, 0.2) is 109 Å². The summed E-state index contributed by atoms with van der Waals surface area (Å²) in [7, 11) is 0. The largest absolute Gasteiger partial charge is 0.453 e. The predicted octanol–water partition coefficient (Wildman–Crippen LogP) is 14.8. The van der Waals surface area contributed by atoms with E-state index in [1.165, 1.54) is 33.6 Å². The van der Waals surface area contributed by atoms with Gasteiger partial charge in [-0.05, 0) is 94.5 Å². The fourth-order valence-electron chi connectivity index (χ4n) is 8.97. The van der Waals surface area contributed by atoms with E-state index in [0.717, 1.165) is 74.7 Å². The minimum atomic E-state index is 0.291. The molecule has 0 unspecified atom stereocenters. The number of hydrogen-bond donors (Lipinski definition) is 0. The first-order valence-corrected chi connectivity index (χ1v) is 19.7. The van der Waals surface area contributed by atoms with E-state index < -0.39 is 0 Å². The van der Waals surface area contributed by atoms with Crippen molar-refractivity contribution in [3.05, 3.63) is 143 Å². The Labute approximate surface area is 324 Å². The van der Waals surface area contributed by atoms with E-state index in [0.29, 0.717) is 23.7 Å². The van der Waals surface area contributed by atoms with Crippen LogP contribution in [0.4, 0.5) is 39.8 Å². The maximum absolute atomic E-state index is 6.90. The summed E-state index contributed by atoms with van der Waals surface area (Å²) in [4.78, 5) is 7.35. The number of para-hydroxylation sites is 6. The average molecular weight is 725 g/mol. The summed E-state index contributed by atoms with van der Waals surface area (Å²) in [6.07, 6.45) is 1.05. The first kappa shape index (κ1) is 33.7. The predicted molar refractivity (Wildman–Crippen MR) is 224 cm³/mol. The first-order chi connectivity index (χ1) is 26.6. The summed E-state index contributed by atoms with van der Waals surface area (Å²) < 4.78 is 20.2. The van der Waals surface area contributed by atoms with Gasteiger partial charge in [0.2, 0.25) is 0 Å². The Hall–Kier alpha value is -5.88. The van der Waals surface area contributed by atoms with Crippen LogP contribution < -0.4 is 28.9 Å². The number of fused-ring (bicyclic) bond motifs is 1. The Kier molecular flexibility index (Phi) is 7.54. The molecule has 0 bridgehead atoms. The van der Waals surface area contributed by atoms with Gasteiger partial charge >= 0.3 is 0 Å². The summed E-state index contributed by atoms with van der Waals surface area (Å²) in [6, 6.07) is 39.1. The van der Waals surface area contributed by atoms with Gasteiger partial charge in [0.05, 0.1) is 22.7 Å². The van der Waals surface area contributed by atoms with Gasteiger partial charge in [-0.15, -0.1) is 0 Å². The van der Waals surface area contributed by atoms with Gasteiger partial charge in [0.15, 0.2) is 40.7 Å². The smallest absolute Gasteiger partial charge is 0.197 e. The molecule has 0 fully saturated rings. The Bertz CT molecular complexity index is 2320. The summed E-state index contributed by atoms with van der Waals surface area (Å²) >= 11 is 0. The van der Waals surface area contributed by atoms with Crippen LogP contribution in [-0.4, -0.2) is 0 Å². The highest BCUT2D eigenvalue weighted by Crippen LogP contribution is 2.67. The van der Waals surface area contributed by atoms with Gasteiger partial charge in [0.1, 0.15) is 17.1 Å². The van der Waals surface area contributed by atoms with Crippen LogP contribution in [0, 0.1) is 6.17 Å². The van der Waals surface area contributed by atoms with Gasteiger partial charge in [-0.1, -0.05) is 116 Å². The number of ether oxygens (including phenoxy) is 3. The highest BCUT2D eigenvalue weighted by molar-refractivity contribution is 6.01. The maximum atomic E-state index is 6.90. The van der Waals surface area contributed by atoms with Crippen molar-refractivity contribution in [2.45, 2.75) is 79.1 Å². The standard InChI is InChI=1S/C49H46N3O3/c1-27(2)32-15-11-16-33(28(3)4)44(32)50-36-19-9-10-20-37(36)51(45-34(29(5)6)17-12-18-35(45)30(7)8)49(50)31-25-42-48-43(26-31)55-41-24-14-22-39-47(41)52(48)46-38(53-39)21-13-23-40(46)54-42/h9-30H,1-8H3. The van der Waals surface area contributed by atoms with E-state index in [2.05, 4.69) is 143 Å². The molecule has 6 heteroatoms. The van der Waals surface area contributed by atoms with Gasteiger partial charge < -0.3 is 24.0 Å². The molecule has 55 heavy (non-hydrogen) atoms. The van der Waals surface area contributed by atoms with Gasteiger partial charge in [0, 0.05) is 5.56 Å². The van der Waals surface area contributed by atoms with Crippen LogP contribution >= 0.6 is 0 Å². The molecule has 0 amide bonds. The topological polar surface area (TPSA) is 37.4 Å². The van der Waals surface area contributed by atoms with Crippen molar-refractivity contribution in [3.63, 3.8) is 0 Å². The van der Waals surface area contributed by atoms with Crippen molar-refractivity contribution in [2.24, 2.45) is 0 Å². The van der Waals surface area contributed by atoms with Crippen molar-refractivity contribution in [2.75, 3.05) is 14.7 Å². The van der Waals surface area contributed by atoms with Crippen molar-refractivity contribution in [1.82, 2.24) is 0 Å². The van der Waals surface area contributed by atoms with Gasteiger partial charge in [0.25, 0.3) is 0 Å². The molecule has 0 aromatic heterocycles. The minimum absolute atomic E-state index is 0.291. The molecular weight excluding hydrogens is 679 g/mol. The fourth-order valence-corrected chi connectivity index (χ4v) is 8.97. The van der Waals surface area contributed by atoms with Gasteiger partial charge in [-0.25, -0.2) is 0 Å². The van der Waals surface area contributed by atoms with Crippen LogP contribution in [0.2, 0.25) is 0 Å². The zero-order valence-corrected chi connectivity index (χ0v) is 32.8. The Balaban J connectivity index is 1.29. The van der Waals surface area contributed by atoms with E-state index in [4.69, 9.17) is 14.2 Å². The monoisotopic (exact) mass is 724 g/mol. The molecule has 0 saturated carbocycles. The lowest BCUT2D eigenvalue weighted by atomic mass is 9.90. The van der Waals surface area contributed by atoms with Crippen LogP contribution in [0.25, 0.3) is 0 Å². The lowest BCUT2D eigenvalue weighted by molar-refractivity contribution is 0.417. The zero-order chi connectivity index (χ0) is 37.9. The van der Waals surface area contributed by atoms with E-state index in [1.54, 1.807) is 0 Å². The average Bonchev–Trinajstić information content (AvgIpc) is 3.51. The molecule has 4 heterocycles. The molecule has 6 nitrogen and oxygen atoms in total. The lowest BCUT2D eigenvalue weighted by Gasteiger charge is -2.42. The van der Waals surface area contributed by atoms with Crippen LogP contribution in [0.5, 0.6) is 34.5 Å². The molecule has 6 aromatic carbocycles. The molecule has 0 N–H and O–H groups in total. The molecule has 1 radical (unpaired) electrons. The maximum Gasteiger partial charge on any atom is 0.197 e. The Morgan fingerprint density at radius 3 is 1.04 bits per heavy atom. The van der Waals surface area contributed by atoms with Crippen LogP contribution in [0.3, 0.4) is 0 Å².